The number of rotatable bonds is 2. The Morgan fingerprint density at radius 1 is 0.560 bits per heavy atom. The molecule has 0 unspecified atom stereocenters. The molecule has 0 aliphatic carbocycles. The Balaban J connectivity index is 1.31. The van der Waals surface area contributed by atoms with Gasteiger partial charge in [0.15, 0.2) is 23.0 Å². The van der Waals surface area contributed by atoms with Crippen molar-refractivity contribution < 1.29 is 18.9 Å². The van der Waals surface area contributed by atoms with Crippen LogP contribution in [0.3, 0.4) is 0 Å². The number of hydrogen-bond acceptors (Lipinski definition) is 8. The monoisotopic (exact) mass is 690 g/mol. The maximum Gasteiger partial charge on any atom is 0.256 e. The highest BCUT2D eigenvalue weighted by molar-refractivity contribution is 7.29. The van der Waals surface area contributed by atoms with Gasteiger partial charge >= 0.3 is 0 Å². The van der Waals surface area contributed by atoms with Crippen LogP contribution in [0, 0.1) is 34.6 Å². The van der Waals surface area contributed by atoms with Crippen LogP contribution in [-0.4, -0.2) is 20.3 Å². The number of thiophene rings is 2. The van der Waals surface area contributed by atoms with E-state index in [0.717, 1.165) is 56.6 Å². The highest BCUT2D eigenvalue weighted by Crippen LogP contribution is 2.55. The molecule has 7 aromatic rings. The Labute approximate surface area is 298 Å². The fourth-order valence-electron chi connectivity index (χ4n) is 8.92. The molecule has 0 saturated carbocycles. The standard InChI is InChI=1S/C41H31BN2O4S2/c1-20-14-27-35-28(15-20)44(37-22(3)17-30-39(24(37)5)48-19-46-30)41-34(26-11-7-9-13-32(26)50-41)42(35)33-25-10-6-8-12-31(25)49-40(33)43(27)36-21(2)16-29-38(23(36)4)47-18-45-29/h6-17H,18-19H2,1-5H3. The normalized spacial score (nSPS) is 14.9. The van der Waals surface area contributed by atoms with E-state index < -0.39 is 0 Å². The minimum atomic E-state index is 0.0367. The van der Waals surface area contributed by atoms with Gasteiger partial charge in [-0.1, -0.05) is 36.4 Å². The molecule has 0 radical (unpaired) electrons. The van der Waals surface area contributed by atoms with E-state index in [9.17, 15) is 0 Å². The van der Waals surface area contributed by atoms with Crippen LogP contribution in [0.25, 0.3) is 20.2 Å². The fourth-order valence-corrected chi connectivity index (χ4v) is 11.4. The summed E-state index contributed by atoms with van der Waals surface area (Å²) in [5.74, 6) is 3.29. The molecule has 5 aromatic carbocycles. The van der Waals surface area contributed by atoms with Gasteiger partial charge < -0.3 is 28.7 Å². The number of nitrogens with zero attached hydrogens (tertiary/aromatic N) is 2. The quantitative estimate of drug-likeness (QED) is 0.169. The second kappa shape index (κ2) is 9.99. The Morgan fingerprint density at radius 2 is 1.02 bits per heavy atom. The molecule has 4 aliphatic rings. The van der Waals surface area contributed by atoms with Gasteiger partial charge in [-0.05, 0) is 115 Å². The molecule has 0 spiro atoms. The highest BCUT2D eigenvalue weighted by Gasteiger charge is 2.48. The van der Waals surface area contributed by atoms with Crippen molar-refractivity contribution in [1.29, 1.82) is 0 Å². The number of ether oxygens (including phenoxy) is 4. The average Bonchev–Trinajstić information content (AvgIpc) is 3.91. The molecule has 9 heteroatoms. The lowest BCUT2D eigenvalue weighted by Gasteiger charge is -2.43. The van der Waals surface area contributed by atoms with Gasteiger partial charge in [0.05, 0.1) is 21.4 Å². The Hall–Kier alpha value is -5.12. The lowest BCUT2D eigenvalue weighted by Crippen LogP contribution is -2.60. The van der Waals surface area contributed by atoms with Crippen LogP contribution in [-0.2, 0) is 0 Å². The molecule has 0 bridgehead atoms. The minimum Gasteiger partial charge on any atom is -0.454 e. The van der Waals surface area contributed by atoms with Gasteiger partial charge in [0, 0.05) is 31.9 Å². The first kappa shape index (κ1) is 28.7. The van der Waals surface area contributed by atoms with Crippen LogP contribution < -0.4 is 45.1 Å². The lowest BCUT2D eigenvalue weighted by atomic mass is 9.33. The van der Waals surface area contributed by atoms with Crippen molar-refractivity contribution in [3.8, 4) is 23.0 Å². The Kier molecular flexibility index (Phi) is 5.73. The maximum atomic E-state index is 6.10. The number of anilines is 6. The fraction of sp³-hybridized carbons (Fsp3) is 0.171. The maximum absolute atomic E-state index is 6.10. The van der Waals surface area contributed by atoms with E-state index in [2.05, 4.69) is 117 Å². The first-order chi connectivity index (χ1) is 24.4. The topological polar surface area (TPSA) is 43.4 Å². The number of aryl methyl sites for hydroxylation is 3. The zero-order valence-electron chi connectivity index (χ0n) is 28.3. The van der Waals surface area contributed by atoms with Gasteiger partial charge in [-0.15, -0.1) is 22.7 Å². The Morgan fingerprint density at radius 3 is 1.50 bits per heavy atom. The van der Waals surface area contributed by atoms with Gasteiger partial charge in [-0.2, -0.15) is 0 Å². The molecule has 0 N–H and O–H groups in total. The van der Waals surface area contributed by atoms with E-state index in [4.69, 9.17) is 18.9 Å². The van der Waals surface area contributed by atoms with Crippen LogP contribution in [0.15, 0.2) is 72.8 Å². The van der Waals surface area contributed by atoms with E-state index in [1.54, 1.807) is 0 Å². The van der Waals surface area contributed by atoms with E-state index in [1.165, 1.54) is 63.5 Å². The number of fused-ring (bicyclic) bond motifs is 10. The van der Waals surface area contributed by atoms with Crippen molar-refractivity contribution in [3.05, 3.63) is 101 Å². The first-order valence-electron chi connectivity index (χ1n) is 17.0. The SMILES string of the molecule is Cc1cc2c3c(c1)N(c1c(C)cc4c(c1C)OCO4)c1sc4ccccc4c1B3c1c(sc3ccccc13)N2c1c(C)cc2c(c1C)OCO2. The third-order valence-electron chi connectivity index (χ3n) is 10.8. The summed E-state index contributed by atoms with van der Waals surface area (Å²) in [5.41, 5.74) is 14.4. The first-order valence-corrected chi connectivity index (χ1v) is 18.6. The van der Waals surface area contributed by atoms with Crippen molar-refractivity contribution in [2.75, 3.05) is 23.4 Å². The van der Waals surface area contributed by atoms with Crippen molar-refractivity contribution >= 4 is 98.7 Å². The molecule has 6 nitrogen and oxygen atoms in total. The summed E-state index contributed by atoms with van der Waals surface area (Å²) in [6.45, 7) is 11.5. The number of benzene rings is 5. The average molecular weight is 691 g/mol. The molecule has 6 heterocycles. The molecule has 0 fully saturated rings. The molecular formula is C41H31BN2O4S2. The summed E-state index contributed by atoms with van der Waals surface area (Å²) >= 11 is 3.77. The zero-order valence-corrected chi connectivity index (χ0v) is 29.9. The molecule has 11 rings (SSSR count). The van der Waals surface area contributed by atoms with Crippen molar-refractivity contribution in [3.63, 3.8) is 0 Å². The predicted molar refractivity (Wildman–Crippen MR) is 207 cm³/mol. The van der Waals surface area contributed by atoms with E-state index >= 15 is 0 Å². The van der Waals surface area contributed by atoms with Gasteiger partial charge in [-0.25, -0.2) is 0 Å². The van der Waals surface area contributed by atoms with Crippen LogP contribution in [0.5, 0.6) is 23.0 Å². The third kappa shape index (κ3) is 3.58. The molecule has 4 aliphatic heterocycles. The summed E-state index contributed by atoms with van der Waals surface area (Å²) in [4.78, 5) is 5.07. The molecule has 0 saturated heterocycles. The molecular weight excluding hydrogens is 659 g/mol. The minimum absolute atomic E-state index is 0.0367. The van der Waals surface area contributed by atoms with Crippen LogP contribution >= 0.6 is 22.7 Å². The Bertz CT molecular complexity index is 2480. The van der Waals surface area contributed by atoms with Crippen molar-refractivity contribution in [1.82, 2.24) is 0 Å². The van der Waals surface area contributed by atoms with Crippen molar-refractivity contribution in [2.24, 2.45) is 0 Å². The van der Waals surface area contributed by atoms with Crippen molar-refractivity contribution in [2.45, 2.75) is 34.6 Å². The summed E-state index contributed by atoms with van der Waals surface area (Å²) in [7, 11) is 0. The van der Waals surface area contributed by atoms with Gasteiger partial charge in [-0.3, -0.25) is 0 Å². The summed E-state index contributed by atoms with van der Waals surface area (Å²) in [5, 5.41) is 5.13. The zero-order chi connectivity index (χ0) is 33.6. The predicted octanol–water partition coefficient (Wildman–Crippen LogP) is 9.20. The summed E-state index contributed by atoms with van der Waals surface area (Å²) in [6.07, 6.45) is 0. The lowest BCUT2D eigenvalue weighted by molar-refractivity contribution is 0.173. The third-order valence-corrected chi connectivity index (χ3v) is 13.2. The van der Waals surface area contributed by atoms with Gasteiger partial charge in [0.1, 0.15) is 0 Å². The number of hydrogen-bond donors (Lipinski definition) is 0. The molecule has 244 valence electrons. The van der Waals surface area contributed by atoms with Crippen LogP contribution in [0.2, 0.25) is 0 Å². The largest absolute Gasteiger partial charge is 0.454 e. The molecule has 0 amide bonds. The highest BCUT2D eigenvalue weighted by atomic mass is 32.1. The summed E-state index contributed by atoms with van der Waals surface area (Å²) in [6, 6.07) is 26.9. The molecule has 2 aromatic heterocycles. The second-order valence-corrected chi connectivity index (χ2v) is 15.8. The van der Waals surface area contributed by atoms with Crippen LogP contribution in [0.4, 0.5) is 32.8 Å². The smallest absolute Gasteiger partial charge is 0.256 e. The van der Waals surface area contributed by atoms with Gasteiger partial charge in [0.2, 0.25) is 13.6 Å². The van der Waals surface area contributed by atoms with E-state index in [1.807, 2.05) is 22.7 Å². The molecule has 50 heavy (non-hydrogen) atoms. The molecule has 0 atom stereocenters. The van der Waals surface area contributed by atoms with E-state index in [0.29, 0.717) is 0 Å². The van der Waals surface area contributed by atoms with E-state index in [-0.39, 0.29) is 20.3 Å². The van der Waals surface area contributed by atoms with Crippen LogP contribution in [0.1, 0.15) is 27.8 Å². The summed E-state index contributed by atoms with van der Waals surface area (Å²) < 4.78 is 26.6. The van der Waals surface area contributed by atoms with Gasteiger partial charge in [0.25, 0.3) is 6.71 Å². The second-order valence-electron chi connectivity index (χ2n) is 13.8.